The Hall–Kier alpha value is -2.51. The molecule has 0 aromatic heterocycles. The Morgan fingerprint density at radius 2 is 1.90 bits per heavy atom. The monoisotopic (exact) mass is 300 g/mol. The molecule has 2 rings (SSSR count). The second-order valence-corrected chi connectivity index (χ2v) is 4.66. The Kier molecular flexibility index (Phi) is 4.81. The molecule has 1 atom stereocenters. The summed E-state index contributed by atoms with van der Waals surface area (Å²) in [7, 11) is 1.49. The first-order valence-corrected chi connectivity index (χ1v) is 6.63. The van der Waals surface area contributed by atoms with Gasteiger partial charge in [-0.25, -0.2) is 0 Å². The molecule has 4 nitrogen and oxygen atoms in total. The fourth-order valence-electron chi connectivity index (χ4n) is 1.93. The molecule has 21 heavy (non-hydrogen) atoms. The summed E-state index contributed by atoms with van der Waals surface area (Å²) in [6, 6.07) is 15.0. The van der Waals surface area contributed by atoms with E-state index in [-0.39, 0.29) is 5.91 Å². The number of nitrogens with zero attached hydrogens (tertiary/aromatic N) is 1. The predicted octanol–water partition coefficient (Wildman–Crippen LogP) is 3.34. The summed E-state index contributed by atoms with van der Waals surface area (Å²) in [4.78, 5) is 12.3. The van der Waals surface area contributed by atoms with Gasteiger partial charge in [0.05, 0.1) is 18.7 Å². The number of nitriles is 1. The average Bonchev–Trinajstić information content (AvgIpc) is 2.53. The molecule has 106 valence electrons. The number of hydrogen-bond donors (Lipinski definition) is 1. The van der Waals surface area contributed by atoms with Crippen molar-refractivity contribution in [2.75, 3.05) is 7.11 Å². The number of rotatable bonds is 4. The lowest BCUT2D eigenvalue weighted by atomic mass is 10.1. The second-order valence-electron chi connectivity index (χ2n) is 4.26. The van der Waals surface area contributed by atoms with Crippen molar-refractivity contribution in [2.45, 2.75) is 6.04 Å². The van der Waals surface area contributed by atoms with E-state index in [0.29, 0.717) is 21.9 Å². The van der Waals surface area contributed by atoms with E-state index < -0.39 is 6.04 Å². The molecule has 0 heterocycles. The minimum Gasteiger partial charge on any atom is -0.496 e. The fraction of sp³-hybridized carbons (Fsp3) is 0.125. The third-order valence-corrected chi connectivity index (χ3v) is 3.32. The van der Waals surface area contributed by atoms with Crippen LogP contribution in [0.2, 0.25) is 5.02 Å². The van der Waals surface area contributed by atoms with E-state index in [0.717, 1.165) is 0 Å². The summed E-state index contributed by atoms with van der Waals surface area (Å²) >= 11 is 6.06. The lowest BCUT2D eigenvalue weighted by Crippen LogP contribution is -2.28. The van der Waals surface area contributed by atoms with Crippen molar-refractivity contribution in [3.8, 4) is 11.8 Å². The van der Waals surface area contributed by atoms with Crippen LogP contribution in [0.1, 0.15) is 22.0 Å². The molecular weight excluding hydrogens is 288 g/mol. The first-order chi connectivity index (χ1) is 10.2. The first-order valence-electron chi connectivity index (χ1n) is 6.25. The van der Waals surface area contributed by atoms with Crippen LogP contribution in [0.3, 0.4) is 0 Å². The molecule has 0 unspecified atom stereocenters. The van der Waals surface area contributed by atoms with Crippen molar-refractivity contribution in [3.05, 3.63) is 64.7 Å². The van der Waals surface area contributed by atoms with E-state index in [4.69, 9.17) is 16.3 Å². The highest BCUT2D eigenvalue weighted by atomic mass is 35.5. The third kappa shape index (κ3) is 3.33. The fourth-order valence-corrected chi connectivity index (χ4v) is 2.17. The zero-order chi connectivity index (χ0) is 15.2. The maximum Gasteiger partial charge on any atom is 0.256 e. The van der Waals surface area contributed by atoms with E-state index in [9.17, 15) is 10.1 Å². The van der Waals surface area contributed by atoms with Gasteiger partial charge < -0.3 is 10.1 Å². The minimum atomic E-state index is -0.823. The SMILES string of the molecule is COc1ccccc1C(=O)N[C@@H](C#N)c1ccccc1Cl. The zero-order valence-corrected chi connectivity index (χ0v) is 12.1. The number of nitrogens with one attached hydrogen (secondary N) is 1. The van der Waals surface area contributed by atoms with Gasteiger partial charge >= 0.3 is 0 Å². The molecular formula is C16H13ClN2O2. The molecule has 0 radical (unpaired) electrons. The molecule has 0 spiro atoms. The van der Waals surface area contributed by atoms with Crippen molar-refractivity contribution in [2.24, 2.45) is 0 Å². The number of methoxy groups -OCH3 is 1. The molecule has 1 amide bonds. The summed E-state index contributed by atoms with van der Waals surface area (Å²) in [6.07, 6.45) is 0. The molecule has 2 aromatic rings. The number of carbonyl (C=O) groups excluding carboxylic acids is 1. The van der Waals surface area contributed by atoms with Crippen molar-refractivity contribution < 1.29 is 9.53 Å². The number of amides is 1. The van der Waals surface area contributed by atoms with Crippen LogP contribution in [0.15, 0.2) is 48.5 Å². The molecule has 2 aromatic carbocycles. The summed E-state index contributed by atoms with van der Waals surface area (Å²) in [5.74, 6) is 0.0600. The quantitative estimate of drug-likeness (QED) is 0.942. The molecule has 0 saturated heterocycles. The van der Waals surface area contributed by atoms with E-state index in [1.54, 1.807) is 48.5 Å². The van der Waals surface area contributed by atoms with Crippen LogP contribution in [0.4, 0.5) is 0 Å². The van der Waals surface area contributed by atoms with Gasteiger partial charge in [-0.15, -0.1) is 0 Å². The topological polar surface area (TPSA) is 62.1 Å². The van der Waals surface area contributed by atoms with Gasteiger partial charge in [-0.3, -0.25) is 4.79 Å². The summed E-state index contributed by atoms with van der Waals surface area (Å²) in [5.41, 5.74) is 0.928. The van der Waals surface area contributed by atoms with Crippen LogP contribution in [0.5, 0.6) is 5.75 Å². The van der Waals surface area contributed by atoms with Gasteiger partial charge in [-0.1, -0.05) is 41.9 Å². The van der Waals surface area contributed by atoms with Gasteiger partial charge in [-0.05, 0) is 18.2 Å². The number of benzene rings is 2. The van der Waals surface area contributed by atoms with Crippen LogP contribution in [0, 0.1) is 11.3 Å². The third-order valence-electron chi connectivity index (χ3n) is 2.97. The van der Waals surface area contributed by atoms with Crippen LogP contribution < -0.4 is 10.1 Å². The van der Waals surface area contributed by atoms with Crippen molar-refractivity contribution in [1.82, 2.24) is 5.32 Å². The van der Waals surface area contributed by atoms with E-state index in [1.807, 2.05) is 6.07 Å². The molecule has 5 heteroatoms. The lowest BCUT2D eigenvalue weighted by molar-refractivity contribution is 0.0942. The van der Waals surface area contributed by atoms with Crippen LogP contribution in [0.25, 0.3) is 0 Å². The molecule has 1 N–H and O–H groups in total. The van der Waals surface area contributed by atoms with E-state index in [2.05, 4.69) is 5.32 Å². The second kappa shape index (κ2) is 6.78. The molecule has 0 aliphatic heterocycles. The molecule has 0 bridgehead atoms. The Bertz CT molecular complexity index is 695. The van der Waals surface area contributed by atoms with Crippen molar-refractivity contribution in [3.63, 3.8) is 0 Å². The number of ether oxygens (including phenoxy) is 1. The Morgan fingerprint density at radius 1 is 1.24 bits per heavy atom. The number of para-hydroxylation sites is 1. The maximum absolute atomic E-state index is 12.3. The number of hydrogen-bond acceptors (Lipinski definition) is 3. The highest BCUT2D eigenvalue weighted by molar-refractivity contribution is 6.31. The van der Waals surface area contributed by atoms with Gasteiger partial charge in [0.1, 0.15) is 11.8 Å². The number of carbonyl (C=O) groups is 1. The minimum absolute atomic E-state index is 0.368. The first kappa shape index (κ1) is 14.9. The Labute approximate surface area is 127 Å². The predicted molar refractivity (Wildman–Crippen MR) is 80.3 cm³/mol. The van der Waals surface area contributed by atoms with Gasteiger partial charge in [0.2, 0.25) is 0 Å². The molecule has 0 fully saturated rings. The lowest BCUT2D eigenvalue weighted by Gasteiger charge is -2.14. The van der Waals surface area contributed by atoms with Crippen LogP contribution in [-0.2, 0) is 0 Å². The summed E-state index contributed by atoms with van der Waals surface area (Å²) < 4.78 is 5.14. The summed E-state index contributed by atoms with van der Waals surface area (Å²) in [6.45, 7) is 0. The van der Waals surface area contributed by atoms with E-state index in [1.165, 1.54) is 7.11 Å². The zero-order valence-electron chi connectivity index (χ0n) is 11.3. The Balaban J connectivity index is 2.26. The molecule has 0 saturated carbocycles. The Morgan fingerprint density at radius 3 is 2.57 bits per heavy atom. The standard InChI is InChI=1S/C16H13ClN2O2/c1-21-15-9-5-3-7-12(15)16(20)19-14(10-18)11-6-2-4-8-13(11)17/h2-9,14H,1H3,(H,19,20)/t14-/m0/s1. The van der Waals surface area contributed by atoms with Gasteiger partial charge in [0, 0.05) is 10.6 Å². The number of halogens is 1. The van der Waals surface area contributed by atoms with E-state index >= 15 is 0 Å². The normalized spacial score (nSPS) is 11.3. The smallest absolute Gasteiger partial charge is 0.256 e. The van der Waals surface area contributed by atoms with Gasteiger partial charge in [-0.2, -0.15) is 5.26 Å². The van der Waals surface area contributed by atoms with Crippen LogP contribution in [-0.4, -0.2) is 13.0 Å². The average molecular weight is 301 g/mol. The molecule has 0 aliphatic rings. The van der Waals surface area contributed by atoms with Gasteiger partial charge in [0.15, 0.2) is 0 Å². The summed E-state index contributed by atoms with van der Waals surface area (Å²) in [5, 5.41) is 12.4. The molecule has 0 aliphatic carbocycles. The van der Waals surface area contributed by atoms with Crippen molar-refractivity contribution in [1.29, 1.82) is 5.26 Å². The van der Waals surface area contributed by atoms with Gasteiger partial charge in [0.25, 0.3) is 5.91 Å². The van der Waals surface area contributed by atoms with Crippen molar-refractivity contribution >= 4 is 17.5 Å². The highest BCUT2D eigenvalue weighted by Gasteiger charge is 2.19. The van der Waals surface area contributed by atoms with Crippen LogP contribution >= 0.6 is 11.6 Å². The highest BCUT2D eigenvalue weighted by Crippen LogP contribution is 2.23. The maximum atomic E-state index is 12.3. The largest absolute Gasteiger partial charge is 0.496 e.